The summed E-state index contributed by atoms with van der Waals surface area (Å²) in [5.41, 5.74) is 3.07. The maximum Gasteiger partial charge on any atom is 0.324 e. The Hall–Kier alpha value is -5.45. The molecule has 0 spiro atoms. The molecular weight excluding hydrogens is 532 g/mol. The monoisotopic (exact) mass is 564 g/mol. The molecule has 0 unspecified atom stereocenters. The summed E-state index contributed by atoms with van der Waals surface area (Å²) in [6.45, 7) is 6.21. The van der Waals surface area contributed by atoms with Crippen molar-refractivity contribution in [1.82, 2.24) is 25.1 Å². The molecule has 3 amide bonds. The summed E-state index contributed by atoms with van der Waals surface area (Å²) in [5, 5.41) is 17.2. The number of carbonyl (C=O) groups is 2. The lowest BCUT2D eigenvalue weighted by molar-refractivity contribution is 0.0957. The summed E-state index contributed by atoms with van der Waals surface area (Å²) in [6.07, 6.45) is 1.50. The minimum Gasteiger partial charge on any atom is -0.457 e. The SMILES string of the molecule is CNC(=O)c1cc(Oc2ccc(NC(=O)Nc3cc(C(C)(C)C)nn3-c3ccc4nc(NC)ccc4c3)cc2)ccn1. The standard InChI is InChI=1S/C31H32N8O3/c1-31(2,3)26-18-28(39(38-26)21-9-12-24-19(16-21)6-13-27(32-4)36-24)37-30(41)35-20-7-10-22(11-8-20)42-23-14-15-34-25(17-23)29(40)33-5/h6-18H,1-5H3,(H,32,36)(H,33,40)(H2,35,37,41). The molecule has 3 aromatic heterocycles. The first-order chi connectivity index (χ1) is 20.1. The zero-order chi connectivity index (χ0) is 29.9. The van der Waals surface area contributed by atoms with Crippen LogP contribution in [-0.4, -0.2) is 45.8 Å². The first-order valence-corrected chi connectivity index (χ1v) is 13.4. The number of hydrogen-bond donors (Lipinski definition) is 4. The van der Waals surface area contributed by atoms with Gasteiger partial charge in [-0.3, -0.25) is 15.1 Å². The molecular formula is C31H32N8O3. The Bertz CT molecular complexity index is 1760. The molecule has 5 rings (SSSR count). The highest BCUT2D eigenvalue weighted by atomic mass is 16.5. The number of ether oxygens (including phenoxy) is 1. The summed E-state index contributed by atoms with van der Waals surface area (Å²) in [7, 11) is 3.37. The normalized spacial score (nSPS) is 11.2. The van der Waals surface area contributed by atoms with Gasteiger partial charge in [-0.1, -0.05) is 20.8 Å². The molecule has 0 bridgehead atoms. The Morgan fingerprint density at radius 2 is 1.64 bits per heavy atom. The van der Waals surface area contributed by atoms with Crippen LogP contribution in [0.4, 0.5) is 22.1 Å². The van der Waals surface area contributed by atoms with Gasteiger partial charge in [0.15, 0.2) is 0 Å². The number of urea groups is 1. The average molecular weight is 565 g/mol. The summed E-state index contributed by atoms with van der Waals surface area (Å²) >= 11 is 0. The van der Waals surface area contributed by atoms with E-state index in [-0.39, 0.29) is 17.0 Å². The molecule has 0 radical (unpaired) electrons. The van der Waals surface area contributed by atoms with Gasteiger partial charge in [-0.2, -0.15) is 5.10 Å². The van der Waals surface area contributed by atoms with Crippen molar-refractivity contribution in [3.05, 3.63) is 90.4 Å². The fraction of sp³-hybridized carbons (Fsp3) is 0.194. The van der Waals surface area contributed by atoms with Gasteiger partial charge < -0.3 is 20.7 Å². The molecule has 0 atom stereocenters. The van der Waals surface area contributed by atoms with Crippen LogP contribution < -0.4 is 26.0 Å². The van der Waals surface area contributed by atoms with Gasteiger partial charge in [-0.05, 0) is 60.7 Å². The predicted molar refractivity (Wildman–Crippen MR) is 164 cm³/mol. The zero-order valence-corrected chi connectivity index (χ0v) is 24.0. The number of aromatic nitrogens is 4. The molecule has 42 heavy (non-hydrogen) atoms. The van der Waals surface area contributed by atoms with E-state index in [1.165, 1.54) is 13.2 Å². The van der Waals surface area contributed by atoms with Gasteiger partial charge >= 0.3 is 6.03 Å². The lowest BCUT2D eigenvalue weighted by atomic mass is 9.92. The minimum atomic E-state index is -0.421. The lowest BCUT2D eigenvalue weighted by Gasteiger charge is -2.14. The van der Waals surface area contributed by atoms with Crippen molar-refractivity contribution < 1.29 is 14.3 Å². The number of carbonyl (C=O) groups excluding carboxylic acids is 2. The Morgan fingerprint density at radius 1 is 0.857 bits per heavy atom. The third kappa shape index (κ3) is 6.30. The molecule has 2 aromatic carbocycles. The van der Waals surface area contributed by atoms with Crippen LogP contribution in [0.3, 0.4) is 0 Å². The van der Waals surface area contributed by atoms with E-state index in [2.05, 4.69) is 52.0 Å². The summed E-state index contributed by atoms with van der Waals surface area (Å²) in [5.74, 6) is 2.02. The molecule has 0 saturated carbocycles. The van der Waals surface area contributed by atoms with Gasteiger partial charge in [0.05, 0.1) is 16.9 Å². The third-order valence-corrected chi connectivity index (χ3v) is 6.43. The number of fused-ring (bicyclic) bond motifs is 1. The van der Waals surface area contributed by atoms with Gasteiger partial charge in [0.1, 0.15) is 28.8 Å². The Balaban J connectivity index is 1.32. The lowest BCUT2D eigenvalue weighted by Crippen LogP contribution is -2.21. The van der Waals surface area contributed by atoms with Gasteiger partial charge in [0, 0.05) is 48.9 Å². The second-order valence-electron chi connectivity index (χ2n) is 10.6. The first kappa shape index (κ1) is 28.1. The Labute approximate surface area is 243 Å². The highest BCUT2D eigenvalue weighted by Gasteiger charge is 2.22. The number of amides is 3. The van der Waals surface area contributed by atoms with E-state index >= 15 is 0 Å². The summed E-state index contributed by atoms with van der Waals surface area (Å²) < 4.78 is 7.57. The molecule has 3 heterocycles. The second kappa shape index (κ2) is 11.6. The van der Waals surface area contributed by atoms with Crippen LogP contribution >= 0.6 is 0 Å². The average Bonchev–Trinajstić information content (AvgIpc) is 3.41. The van der Waals surface area contributed by atoms with Crippen molar-refractivity contribution in [2.24, 2.45) is 0 Å². The summed E-state index contributed by atoms with van der Waals surface area (Å²) in [4.78, 5) is 33.5. The molecule has 5 aromatic rings. The fourth-order valence-corrected chi connectivity index (χ4v) is 4.17. The maximum absolute atomic E-state index is 13.1. The molecule has 0 aliphatic rings. The van der Waals surface area contributed by atoms with Crippen LogP contribution in [0.15, 0.2) is 79.0 Å². The topological polar surface area (TPSA) is 135 Å². The van der Waals surface area contributed by atoms with Gasteiger partial charge in [0.2, 0.25) is 0 Å². The molecule has 214 valence electrons. The predicted octanol–water partition coefficient (Wildman–Crippen LogP) is 5.95. The van der Waals surface area contributed by atoms with Crippen LogP contribution in [0.5, 0.6) is 11.5 Å². The molecule has 4 N–H and O–H groups in total. The van der Waals surface area contributed by atoms with Crippen LogP contribution in [-0.2, 0) is 5.41 Å². The fourth-order valence-electron chi connectivity index (χ4n) is 4.17. The highest BCUT2D eigenvalue weighted by molar-refractivity contribution is 5.99. The van der Waals surface area contributed by atoms with E-state index in [1.807, 2.05) is 43.4 Å². The number of anilines is 3. The van der Waals surface area contributed by atoms with Crippen LogP contribution in [0, 0.1) is 0 Å². The number of benzene rings is 2. The number of pyridine rings is 2. The molecule has 0 aliphatic heterocycles. The first-order valence-electron chi connectivity index (χ1n) is 13.4. The van der Waals surface area contributed by atoms with Gasteiger partial charge in [-0.15, -0.1) is 0 Å². The number of nitrogens with zero attached hydrogens (tertiary/aromatic N) is 4. The summed E-state index contributed by atoms with van der Waals surface area (Å²) in [6, 6.07) is 21.3. The van der Waals surface area contributed by atoms with E-state index < -0.39 is 6.03 Å². The van der Waals surface area contributed by atoms with Crippen molar-refractivity contribution in [3.63, 3.8) is 0 Å². The van der Waals surface area contributed by atoms with E-state index in [1.54, 1.807) is 41.1 Å². The van der Waals surface area contributed by atoms with Crippen molar-refractivity contribution in [3.8, 4) is 17.2 Å². The third-order valence-electron chi connectivity index (χ3n) is 6.43. The molecule has 11 nitrogen and oxygen atoms in total. The van der Waals surface area contributed by atoms with Crippen LogP contribution in [0.25, 0.3) is 16.6 Å². The van der Waals surface area contributed by atoms with Crippen molar-refractivity contribution in [1.29, 1.82) is 0 Å². The van der Waals surface area contributed by atoms with E-state index in [4.69, 9.17) is 9.84 Å². The van der Waals surface area contributed by atoms with E-state index in [0.29, 0.717) is 23.0 Å². The second-order valence-corrected chi connectivity index (χ2v) is 10.6. The quantitative estimate of drug-likeness (QED) is 0.192. The van der Waals surface area contributed by atoms with Crippen molar-refractivity contribution in [2.45, 2.75) is 26.2 Å². The largest absolute Gasteiger partial charge is 0.457 e. The number of hydrogen-bond acceptors (Lipinski definition) is 7. The molecule has 0 saturated heterocycles. The molecule has 11 heteroatoms. The molecule has 0 fully saturated rings. The maximum atomic E-state index is 13.1. The van der Waals surface area contributed by atoms with Crippen LogP contribution in [0.1, 0.15) is 37.0 Å². The Kier molecular flexibility index (Phi) is 7.74. The molecule has 0 aliphatic carbocycles. The van der Waals surface area contributed by atoms with E-state index in [0.717, 1.165) is 28.1 Å². The van der Waals surface area contributed by atoms with Crippen molar-refractivity contribution >= 4 is 40.2 Å². The van der Waals surface area contributed by atoms with E-state index in [9.17, 15) is 9.59 Å². The Morgan fingerprint density at radius 3 is 2.36 bits per heavy atom. The van der Waals surface area contributed by atoms with Crippen molar-refractivity contribution in [2.75, 3.05) is 30.0 Å². The van der Waals surface area contributed by atoms with Gasteiger partial charge in [0.25, 0.3) is 5.91 Å². The van der Waals surface area contributed by atoms with Gasteiger partial charge in [-0.25, -0.2) is 14.5 Å². The smallest absolute Gasteiger partial charge is 0.324 e. The highest BCUT2D eigenvalue weighted by Crippen LogP contribution is 2.28. The zero-order valence-electron chi connectivity index (χ0n) is 24.0. The minimum absolute atomic E-state index is 0.232. The van der Waals surface area contributed by atoms with Crippen LogP contribution in [0.2, 0.25) is 0 Å². The number of nitrogens with one attached hydrogen (secondary N) is 4. The number of rotatable bonds is 7.